The van der Waals surface area contributed by atoms with E-state index in [2.05, 4.69) is 10.3 Å². The molecule has 1 N–H and O–H groups in total. The maximum atomic E-state index is 12.1. The topological polar surface area (TPSA) is 42.0 Å². The van der Waals surface area contributed by atoms with Crippen LogP contribution in [-0.2, 0) is 23.5 Å². The molecule has 0 spiro atoms. The van der Waals surface area contributed by atoms with Gasteiger partial charge in [-0.05, 0) is 30.2 Å². The quantitative estimate of drug-likeness (QED) is 0.548. The summed E-state index contributed by atoms with van der Waals surface area (Å²) in [6, 6.07) is 16.0. The summed E-state index contributed by atoms with van der Waals surface area (Å²) in [6.07, 6.45) is 0.306. The minimum atomic E-state index is -0.0118. The number of carbonyl (C=O) groups is 1. The number of nitrogens with zero attached hydrogens (tertiary/aromatic N) is 1. The number of thioether (sulfide) groups is 1. The number of hydrogen-bond donors (Lipinski definition) is 1. The fraction of sp³-hybridized carbons (Fsp3) is 0.200. The lowest BCUT2D eigenvalue weighted by molar-refractivity contribution is -0.120. The molecule has 0 unspecified atom stereocenters. The number of benzene rings is 2. The lowest BCUT2D eigenvalue weighted by atomic mass is 10.1. The molecular weight excluding hydrogens is 384 g/mol. The van der Waals surface area contributed by atoms with E-state index in [-0.39, 0.29) is 5.91 Å². The Balaban J connectivity index is 1.46. The number of aromatic nitrogens is 1. The summed E-state index contributed by atoms with van der Waals surface area (Å²) >= 11 is 9.23. The second-order valence-electron chi connectivity index (χ2n) is 5.96. The first-order valence-corrected chi connectivity index (χ1v) is 10.5. The Labute approximate surface area is 166 Å². The predicted octanol–water partition coefficient (Wildman–Crippen LogP) is 5.26. The number of carbonyl (C=O) groups excluding carboxylic acids is 1. The number of thiazole rings is 1. The largest absolute Gasteiger partial charge is 0.352 e. The first-order chi connectivity index (χ1) is 12.6. The summed E-state index contributed by atoms with van der Waals surface area (Å²) in [5.74, 6) is 0.801. The van der Waals surface area contributed by atoms with Gasteiger partial charge < -0.3 is 5.32 Å². The van der Waals surface area contributed by atoms with Crippen molar-refractivity contribution in [3.05, 3.63) is 81.3 Å². The van der Waals surface area contributed by atoms with Crippen molar-refractivity contribution in [2.75, 3.05) is 0 Å². The van der Waals surface area contributed by atoms with Gasteiger partial charge in [-0.25, -0.2) is 4.98 Å². The molecule has 0 aliphatic heterocycles. The van der Waals surface area contributed by atoms with Crippen LogP contribution in [0.4, 0.5) is 0 Å². The van der Waals surface area contributed by atoms with Crippen LogP contribution in [0.15, 0.2) is 58.3 Å². The van der Waals surface area contributed by atoms with Crippen molar-refractivity contribution in [1.82, 2.24) is 10.3 Å². The molecular formula is C20H19ClN2OS2. The van der Waals surface area contributed by atoms with Gasteiger partial charge in [0.2, 0.25) is 5.91 Å². The molecule has 0 fully saturated rings. The second-order valence-corrected chi connectivity index (χ2v) is 8.48. The van der Waals surface area contributed by atoms with Gasteiger partial charge in [0.15, 0.2) is 0 Å². The summed E-state index contributed by atoms with van der Waals surface area (Å²) in [5, 5.41) is 5.64. The number of halogens is 1. The summed E-state index contributed by atoms with van der Waals surface area (Å²) in [5.41, 5.74) is 4.28. The number of aryl methyl sites for hydroxylation is 1. The Morgan fingerprint density at radius 3 is 2.77 bits per heavy atom. The monoisotopic (exact) mass is 402 g/mol. The zero-order valence-electron chi connectivity index (χ0n) is 14.4. The highest BCUT2D eigenvalue weighted by Gasteiger charge is 2.08. The molecule has 1 aromatic heterocycles. The number of amides is 1. The van der Waals surface area contributed by atoms with Crippen molar-refractivity contribution in [1.29, 1.82) is 0 Å². The lowest BCUT2D eigenvalue weighted by Crippen LogP contribution is -2.24. The molecule has 134 valence electrons. The summed E-state index contributed by atoms with van der Waals surface area (Å²) < 4.78 is 0.964. The fourth-order valence-electron chi connectivity index (χ4n) is 2.34. The van der Waals surface area contributed by atoms with E-state index >= 15 is 0 Å². The maximum Gasteiger partial charge on any atom is 0.226 e. The summed E-state index contributed by atoms with van der Waals surface area (Å²) in [7, 11) is 0. The third kappa shape index (κ3) is 5.87. The van der Waals surface area contributed by atoms with Gasteiger partial charge in [0.1, 0.15) is 4.34 Å². The number of rotatable bonds is 7. The first-order valence-electron chi connectivity index (χ1n) is 8.22. The highest BCUT2D eigenvalue weighted by molar-refractivity contribution is 8.00. The molecule has 0 saturated carbocycles. The summed E-state index contributed by atoms with van der Waals surface area (Å²) in [4.78, 5) is 16.7. The van der Waals surface area contributed by atoms with Crippen LogP contribution in [-0.4, -0.2) is 10.9 Å². The van der Waals surface area contributed by atoms with E-state index in [1.54, 1.807) is 23.1 Å². The van der Waals surface area contributed by atoms with Crippen molar-refractivity contribution in [3.63, 3.8) is 0 Å². The molecule has 3 aromatic rings. The van der Waals surface area contributed by atoms with E-state index in [0.29, 0.717) is 13.0 Å². The van der Waals surface area contributed by atoms with Crippen molar-refractivity contribution < 1.29 is 4.79 Å². The molecule has 3 rings (SSSR count). The molecule has 1 amide bonds. The molecule has 0 radical (unpaired) electrons. The van der Waals surface area contributed by atoms with Gasteiger partial charge in [0.05, 0.1) is 12.1 Å². The van der Waals surface area contributed by atoms with Crippen LogP contribution < -0.4 is 5.32 Å². The fourth-order valence-corrected chi connectivity index (χ4v) is 4.34. The molecule has 0 bridgehead atoms. The Hall–Kier alpha value is -1.82. The van der Waals surface area contributed by atoms with Crippen LogP contribution in [0.2, 0.25) is 5.02 Å². The molecule has 1 heterocycles. The second kappa shape index (κ2) is 9.21. The Morgan fingerprint density at radius 1 is 1.19 bits per heavy atom. The van der Waals surface area contributed by atoms with E-state index in [1.165, 1.54) is 5.56 Å². The smallest absolute Gasteiger partial charge is 0.226 e. The van der Waals surface area contributed by atoms with E-state index < -0.39 is 0 Å². The van der Waals surface area contributed by atoms with E-state index in [4.69, 9.17) is 11.6 Å². The van der Waals surface area contributed by atoms with Gasteiger partial charge in [-0.2, -0.15) is 0 Å². The van der Waals surface area contributed by atoms with Crippen molar-refractivity contribution in [3.8, 4) is 0 Å². The third-order valence-electron chi connectivity index (χ3n) is 3.73. The third-order valence-corrected chi connectivity index (χ3v) is 6.11. The highest BCUT2D eigenvalue weighted by atomic mass is 35.5. The average molecular weight is 403 g/mol. The van der Waals surface area contributed by atoms with Crippen molar-refractivity contribution in [2.24, 2.45) is 0 Å². The van der Waals surface area contributed by atoms with Gasteiger partial charge >= 0.3 is 0 Å². The van der Waals surface area contributed by atoms with Crippen LogP contribution in [0.5, 0.6) is 0 Å². The van der Waals surface area contributed by atoms with Crippen LogP contribution >= 0.6 is 34.7 Å². The minimum absolute atomic E-state index is 0.0118. The Kier molecular flexibility index (Phi) is 6.72. The van der Waals surface area contributed by atoms with Crippen molar-refractivity contribution >= 4 is 40.6 Å². The minimum Gasteiger partial charge on any atom is -0.352 e. The SMILES string of the molecule is Cc1ccc(CNC(=O)Cc2csc(SCc3cccc(Cl)c3)n2)cc1. The molecule has 0 atom stereocenters. The normalized spacial score (nSPS) is 10.7. The van der Waals surface area contributed by atoms with E-state index in [0.717, 1.165) is 31.9 Å². The maximum absolute atomic E-state index is 12.1. The predicted molar refractivity (Wildman–Crippen MR) is 110 cm³/mol. The van der Waals surface area contributed by atoms with Gasteiger partial charge in [-0.1, -0.05) is 65.3 Å². The van der Waals surface area contributed by atoms with Crippen LogP contribution in [0.25, 0.3) is 0 Å². The average Bonchev–Trinajstić information content (AvgIpc) is 3.07. The highest BCUT2D eigenvalue weighted by Crippen LogP contribution is 2.27. The van der Waals surface area contributed by atoms with Crippen molar-refractivity contribution in [2.45, 2.75) is 30.0 Å². The van der Waals surface area contributed by atoms with Crippen LogP contribution in [0, 0.1) is 6.92 Å². The lowest BCUT2D eigenvalue weighted by Gasteiger charge is -2.04. The molecule has 2 aromatic carbocycles. The Bertz CT molecular complexity index is 878. The van der Waals surface area contributed by atoms with Crippen LogP contribution in [0.3, 0.4) is 0 Å². The zero-order chi connectivity index (χ0) is 18.4. The molecule has 0 aliphatic carbocycles. The zero-order valence-corrected chi connectivity index (χ0v) is 16.8. The molecule has 6 heteroatoms. The first kappa shape index (κ1) is 19.0. The molecule has 26 heavy (non-hydrogen) atoms. The van der Waals surface area contributed by atoms with Gasteiger partial charge in [-0.15, -0.1) is 11.3 Å². The summed E-state index contributed by atoms with van der Waals surface area (Å²) in [6.45, 7) is 2.59. The van der Waals surface area contributed by atoms with E-state index in [9.17, 15) is 4.79 Å². The van der Waals surface area contributed by atoms with E-state index in [1.807, 2.05) is 60.8 Å². The molecule has 0 saturated heterocycles. The standard InChI is InChI=1S/C20H19ClN2OS2/c1-14-5-7-15(8-6-14)11-22-19(24)10-18-13-26-20(23-18)25-12-16-3-2-4-17(21)9-16/h2-9,13H,10-12H2,1H3,(H,22,24). The van der Waals surface area contributed by atoms with Crippen LogP contribution in [0.1, 0.15) is 22.4 Å². The Morgan fingerprint density at radius 2 is 2.00 bits per heavy atom. The number of nitrogens with one attached hydrogen (secondary N) is 1. The van der Waals surface area contributed by atoms with Gasteiger partial charge in [-0.3, -0.25) is 4.79 Å². The van der Waals surface area contributed by atoms with Gasteiger partial charge in [0, 0.05) is 22.7 Å². The molecule has 0 aliphatic rings. The number of hydrogen-bond acceptors (Lipinski definition) is 4. The molecule has 3 nitrogen and oxygen atoms in total. The van der Waals surface area contributed by atoms with Gasteiger partial charge in [0.25, 0.3) is 0 Å².